The topological polar surface area (TPSA) is 95.5 Å². The van der Waals surface area contributed by atoms with Gasteiger partial charge in [0.15, 0.2) is 5.65 Å². The Hall–Kier alpha value is -4.41. The maximum absolute atomic E-state index is 14.0. The molecular formula is C26H26F2N8O. The van der Waals surface area contributed by atoms with Crippen molar-refractivity contribution in [3.05, 3.63) is 77.0 Å². The summed E-state index contributed by atoms with van der Waals surface area (Å²) in [5.41, 5.74) is 4.97. The summed E-state index contributed by atoms with van der Waals surface area (Å²) in [7, 11) is 1.74. The highest BCUT2D eigenvalue weighted by Crippen LogP contribution is 2.33. The molecule has 9 nitrogen and oxygen atoms in total. The molecule has 1 amide bonds. The zero-order valence-electron chi connectivity index (χ0n) is 20.9. The van der Waals surface area contributed by atoms with Gasteiger partial charge in [-0.2, -0.15) is 15.3 Å². The SMILES string of the molecule is Cc1cc(C)n(Cc2cccc(NC(=O)Cn3nc(C)c4c(C(F)F)cc(-c5cnn(C)c5)nc43)c2)n1. The number of anilines is 1. The number of nitrogens with zero attached hydrogens (tertiary/aromatic N) is 7. The molecule has 1 N–H and O–H groups in total. The number of carbonyl (C=O) groups is 1. The molecule has 0 aliphatic rings. The van der Waals surface area contributed by atoms with Crippen LogP contribution in [0.25, 0.3) is 22.3 Å². The molecule has 0 aliphatic carbocycles. The Morgan fingerprint density at radius 1 is 1.08 bits per heavy atom. The van der Waals surface area contributed by atoms with Gasteiger partial charge in [0.25, 0.3) is 6.43 Å². The van der Waals surface area contributed by atoms with Crippen LogP contribution >= 0.6 is 0 Å². The van der Waals surface area contributed by atoms with Crippen LogP contribution < -0.4 is 5.32 Å². The third-order valence-corrected chi connectivity index (χ3v) is 6.08. The molecule has 0 saturated heterocycles. The van der Waals surface area contributed by atoms with Gasteiger partial charge in [0.2, 0.25) is 5.91 Å². The van der Waals surface area contributed by atoms with Crippen LogP contribution in [-0.4, -0.2) is 40.2 Å². The summed E-state index contributed by atoms with van der Waals surface area (Å²) in [5.74, 6) is -0.347. The molecular weight excluding hydrogens is 478 g/mol. The van der Waals surface area contributed by atoms with Crippen molar-refractivity contribution in [3.8, 4) is 11.3 Å². The third-order valence-electron chi connectivity index (χ3n) is 6.08. The Balaban J connectivity index is 1.41. The molecule has 37 heavy (non-hydrogen) atoms. The molecule has 5 aromatic rings. The van der Waals surface area contributed by atoms with Crippen LogP contribution in [0.1, 0.15) is 34.6 Å². The minimum absolute atomic E-state index is 0.176. The zero-order chi connectivity index (χ0) is 26.3. The van der Waals surface area contributed by atoms with Crippen molar-refractivity contribution in [3.63, 3.8) is 0 Å². The number of hydrogen-bond acceptors (Lipinski definition) is 5. The Kier molecular flexibility index (Phi) is 6.28. The van der Waals surface area contributed by atoms with E-state index in [4.69, 9.17) is 0 Å². The van der Waals surface area contributed by atoms with Gasteiger partial charge in [-0.05, 0) is 50.6 Å². The fraction of sp³-hybridized carbons (Fsp3) is 0.269. The molecule has 11 heteroatoms. The van der Waals surface area contributed by atoms with Gasteiger partial charge < -0.3 is 5.32 Å². The first-order valence-corrected chi connectivity index (χ1v) is 11.7. The Labute approximate surface area is 211 Å². The lowest BCUT2D eigenvalue weighted by Gasteiger charge is -2.10. The highest BCUT2D eigenvalue weighted by molar-refractivity contribution is 5.92. The van der Waals surface area contributed by atoms with Gasteiger partial charge in [0.05, 0.1) is 35.2 Å². The standard InChI is InChI=1S/C26H26F2N8O/c1-15-8-16(2)35(32-15)12-18-6-5-7-20(9-18)30-23(37)14-36-26-24(17(3)33-36)21(25(27)28)10-22(31-26)19-11-29-34(4)13-19/h5-11,13,25H,12,14H2,1-4H3,(H,30,37). The van der Waals surface area contributed by atoms with E-state index in [1.165, 1.54) is 10.7 Å². The van der Waals surface area contributed by atoms with E-state index >= 15 is 0 Å². The minimum Gasteiger partial charge on any atom is -0.324 e. The van der Waals surface area contributed by atoms with Gasteiger partial charge in [-0.3, -0.25) is 14.2 Å². The first kappa shape index (κ1) is 24.3. The fourth-order valence-electron chi connectivity index (χ4n) is 4.46. The number of rotatable bonds is 7. The minimum atomic E-state index is -2.73. The van der Waals surface area contributed by atoms with E-state index in [1.54, 1.807) is 37.1 Å². The number of alkyl halides is 2. The molecule has 1 aromatic carbocycles. The predicted octanol–water partition coefficient (Wildman–Crippen LogP) is 4.58. The molecule has 0 unspecified atom stereocenters. The Bertz CT molecular complexity index is 1610. The zero-order valence-corrected chi connectivity index (χ0v) is 20.9. The largest absolute Gasteiger partial charge is 0.324 e. The number of fused-ring (bicyclic) bond motifs is 1. The van der Waals surface area contributed by atoms with Crippen LogP contribution in [0.2, 0.25) is 0 Å². The lowest BCUT2D eigenvalue weighted by Crippen LogP contribution is -2.20. The fourth-order valence-corrected chi connectivity index (χ4v) is 4.46. The second-order valence-electron chi connectivity index (χ2n) is 9.08. The average Bonchev–Trinajstić information content (AvgIpc) is 3.50. The molecule has 0 fully saturated rings. The molecule has 190 valence electrons. The summed E-state index contributed by atoms with van der Waals surface area (Å²) < 4.78 is 32.8. The van der Waals surface area contributed by atoms with Crippen LogP contribution in [0.4, 0.5) is 14.5 Å². The smallest absolute Gasteiger partial charge is 0.264 e. The van der Waals surface area contributed by atoms with E-state index < -0.39 is 6.43 Å². The second-order valence-corrected chi connectivity index (χ2v) is 9.08. The molecule has 0 bridgehead atoms. The van der Waals surface area contributed by atoms with Crippen molar-refractivity contribution in [1.82, 2.24) is 34.3 Å². The summed E-state index contributed by atoms with van der Waals surface area (Å²) in [4.78, 5) is 17.5. The van der Waals surface area contributed by atoms with Crippen LogP contribution in [0, 0.1) is 20.8 Å². The molecule has 4 aromatic heterocycles. The van der Waals surface area contributed by atoms with E-state index in [-0.39, 0.29) is 29.0 Å². The van der Waals surface area contributed by atoms with Crippen molar-refractivity contribution >= 4 is 22.6 Å². The van der Waals surface area contributed by atoms with Gasteiger partial charge in [-0.25, -0.2) is 18.4 Å². The summed E-state index contributed by atoms with van der Waals surface area (Å²) in [5, 5.41) is 16.1. The van der Waals surface area contributed by atoms with Crippen molar-refractivity contribution in [2.24, 2.45) is 7.05 Å². The number of benzene rings is 1. The van der Waals surface area contributed by atoms with Gasteiger partial charge >= 0.3 is 0 Å². The van der Waals surface area contributed by atoms with E-state index in [0.717, 1.165) is 17.0 Å². The number of aromatic nitrogens is 7. The Morgan fingerprint density at radius 2 is 1.89 bits per heavy atom. The number of amides is 1. The van der Waals surface area contributed by atoms with Crippen molar-refractivity contribution in [2.45, 2.75) is 40.3 Å². The number of aryl methyl sites for hydroxylation is 4. The van der Waals surface area contributed by atoms with Crippen LogP contribution in [0.3, 0.4) is 0 Å². The molecule has 4 heterocycles. The molecule has 5 rings (SSSR count). The highest BCUT2D eigenvalue weighted by atomic mass is 19.3. The second kappa shape index (κ2) is 9.57. The number of pyridine rings is 1. The normalized spacial score (nSPS) is 11.5. The van der Waals surface area contributed by atoms with Gasteiger partial charge in [0, 0.05) is 35.8 Å². The number of nitrogens with one attached hydrogen (secondary N) is 1. The quantitative estimate of drug-likeness (QED) is 0.350. The maximum Gasteiger partial charge on any atom is 0.264 e. The summed E-state index contributed by atoms with van der Waals surface area (Å²) >= 11 is 0. The average molecular weight is 505 g/mol. The number of halogens is 2. The molecule has 0 spiro atoms. The summed E-state index contributed by atoms with van der Waals surface area (Å²) in [6, 6.07) is 10.9. The predicted molar refractivity (Wildman–Crippen MR) is 135 cm³/mol. The molecule has 0 aliphatic heterocycles. The maximum atomic E-state index is 14.0. The third kappa shape index (κ3) is 4.97. The lowest BCUT2D eigenvalue weighted by atomic mass is 10.1. The van der Waals surface area contributed by atoms with Gasteiger partial charge in [0.1, 0.15) is 6.54 Å². The summed E-state index contributed by atoms with van der Waals surface area (Å²) in [6.07, 6.45) is 0.530. The van der Waals surface area contributed by atoms with E-state index in [0.29, 0.717) is 29.2 Å². The van der Waals surface area contributed by atoms with Gasteiger partial charge in [-0.1, -0.05) is 12.1 Å². The van der Waals surface area contributed by atoms with Crippen LogP contribution in [0.5, 0.6) is 0 Å². The molecule has 0 radical (unpaired) electrons. The molecule has 0 atom stereocenters. The van der Waals surface area contributed by atoms with Crippen LogP contribution in [-0.2, 0) is 24.9 Å². The first-order valence-electron chi connectivity index (χ1n) is 11.7. The molecule has 0 saturated carbocycles. The lowest BCUT2D eigenvalue weighted by molar-refractivity contribution is -0.116. The Morgan fingerprint density at radius 3 is 2.57 bits per heavy atom. The summed E-state index contributed by atoms with van der Waals surface area (Å²) in [6.45, 7) is 5.97. The van der Waals surface area contributed by atoms with E-state index in [1.807, 2.05) is 42.8 Å². The van der Waals surface area contributed by atoms with Crippen molar-refractivity contribution < 1.29 is 13.6 Å². The number of hydrogen-bond donors (Lipinski definition) is 1. The highest BCUT2D eigenvalue weighted by Gasteiger charge is 2.22. The van der Waals surface area contributed by atoms with E-state index in [2.05, 4.69) is 25.6 Å². The monoisotopic (exact) mass is 504 g/mol. The van der Waals surface area contributed by atoms with E-state index in [9.17, 15) is 13.6 Å². The van der Waals surface area contributed by atoms with Gasteiger partial charge in [-0.15, -0.1) is 0 Å². The van der Waals surface area contributed by atoms with Crippen molar-refractivity contribution in [2.75, 3.05) is 5.32 Å². The van der Waals surface area contributed by atoms with Crippen molar-refractivity contribution in [1.29, 1.82) is 0 Å². The van der Waals surface area contributed by atoms with Crippen LogP contribution in [0.15, 0.2) is 48.8 Å². The number of carbonyl (C=O) groups excluding carboxylic acids is 1. The first-order chi connectivity index (χ1) is 17.7.